The Morgan fingerprint density at radius 3 is 2.83 bits per heavy atom. The summed E-state index contributed by atoms with van der Waals surface area (Å²) in [7, 11) is 0. The summed E-state index contributed by atoms with van der Waals surface area (Å²) in [5, 5.41) is 3.39. The van der Waals surface area contributed by atoms with Gasteiger partial charge in [0.2, 0.25) is 0 Å². The molecule has 0 bridgehead atoms. The van der Waals surface area contributed by atoms with E-state index in [1.54, 1.807) is 4.90 Å². The van der Waals surface area contributed by atoms with Gasteiger partial charge in [-0.3, -0.25) is 0 Å². The van der Waals surface area contributed by atoms with Crippen molar-refractivity contribution in [1.29, 1.82) is 0 Å². The third kappa shape index (κ3) is 3.85. The molecule has 2 aliphatic heterocycles. The van der Waals surface area contributed by atoms with E-state index in [1.165, 1.54) is 0 Å². The first-order chi connectivity index (χ1) is 7.96. The molecular weight excluding hydrogens is 232 g/mol. The van der Waals surface area contributed by atoms with Crippen LogP contribution < -0.4 is 5.32 Å². The van der Waals surface area contributed by atoms with E-state index in [9.17, 15) is 4.79 Å². The Morgan fingerprint density at radius 2 is 2.17 bits per heavy atom. The maximum absolute atomic E-state index is 11.9. The fourth-order valence-electron chi connectivity index (χ4n) is 2.27. The molecule has 1 N–H and O–H groups in total. The van der Waals surface area contributed by atoms with E-state index in [0.717, 1.165) is 26.1 Å². The van der Waals surface area contributed by atoms with Crippen molar-refractivity contribution >= 4 is 6.09 Å². The zero-order valence-corrected chi connectivity index (χ0v) is 10.9. The number of nitrogens with zero attached hydrogens (tertiary/aromatic N) is 1. The van der Waals surface area contributed by atoms with Gasteiger partial charge in [-0.2, -0.15) is 0 Å². The second-order valence-corrected chi connectivity index (χ2v) is 5.68. The largest absolute Gasteiger partial charge is 0.444 e. The number of likely N-dealkylation sites (tertiary alicyclic amines) is 1. The molecule has 0 aromatic rings. The molecule has 5 heteroatoms. The van der Waals surface area contributed by atoms with Gasteiger partial charge in [-0.1, -0.05) is 7.43 Å². The second kappa shape index (κ2) is 5.89. The Hall–Kier alpha value is -0.810. The first kappa shape index (κ1) is 15.2. The lowest BCUT2D eigenvalue weighted by Gasteiger charge is -2.41. The molecule has 18 heavy (non-hydrogen) atoms. The fourth-order valence-corrected chi connectivity index (χ4v) is 2.27. The van der Waals surface area contributed by atoms with E-state index in [4.69, 9.17) is 9.47 Å². The van der Waals surface area contributed by atoms with Crippen LogP contribution in [0.25, 0.3) is 0 Å². The predicted octanol–water partition coefficient (Wildman–Crippen LogP) is 1.62. The Bertz CT molecular complexity index is 288. The summed E-state index contributed by atoms with van der Waals surface area (Å²) < 4.78 is 11.0. The molecule has 1 amide bonds. The Labute approximate surface area is 110 Å². The standard InChI is InChI=1S/C12H22N2O3.CH4/c1-12(2,3)17-11(15)14-6-4-10-9(8-14)13-5-7-16-10;/h9-10,13H,4-8H2,1-3H3;1H4/t9-,10-;/m1./s1. The minimum atomic E-state index is -0.426. The highest BCUT2D eigenvalue weighted by atomic mass is 16.6. The highest BCUT2D eigenvalue weighted by molar-refractivity contribution is 5.68. The fraction of sp³-hybridized carbons (Fsp3) is 0.923. The van der Waals surface area contributed by atoms with E-state index in [1.807, 2.05) is 20.8 Å². The van der Waals surface area contributed by atoms with Crippen LogP contribution in [-0.4, -0.2) is 55.0 Å². The summed E-state index contributed by atoms with van der Waals surface area (Å²) in [6.07, 6.45) is 0.919. The quantitative estimate of drug-likeness (QED) is 0.717. The van der Waals surface area contributed by atoms with Crippen LogP contribution in [0.4, 0.5) is 4.79 Å². The third-order valence-electron chi connectivity index (χ3n) is 3.04. The second-order valence-electron chi connectivity index (χ2n) is 5.68. The maximum Gasteiger partial charge on any atom is 0.410 e. The van der Waals surface area contributed by atoms with Crippen molar-refractivity contribution in [3.63, 3.8) is 0 Å². The molecule has 2 rings (SSSR count). The Kier molecular flexibility index (Phi) is 4.99. The normalized spacial score (nSPS) is 28.1. The van der Waals surface area contributed by atoms with Crippen molar-refractivity contribution in [2.45, 2.75) is 52.4 Å². The lowest BCUT2D eigenvalue weighted by molar-refractivity contribution is -0.0484. The number of hydrogen-bond donors (Lipinski definition) is 1. The molecule has 5 nitrogen and oxygen atoms in total. The zero-order chi connectivity index (χ0) is 12.5. The first-order valence-electron chi connectivity index (χ1n) is 6.28. The predicted molar refractivity (Wildman–Crippen MR) is 70.7 cm³/mol. The van der Waals surface area contributed by atoms with Crippen LogP contribution in [-0.2, 0) is 9.47 Å². The van der Waals surface area contributed by atoms with Gasteiger partial charge in [0.1, 0.15) is 5.60 Å². The van der Waals surface area contributed by atoms with Gasteiger partial charge >= 0.3 is 6.09 Å². The smallest absolute Gasteiger partial charge is 0.410 e. The number of carbonyl (C=O) groups is 1. The number of piperidine rings is 1. The van der Waals surface area contributed by atoms with Gasteiger partial charge in [-0.15, -0.1) is 0 Å². The average molecular weight is 258 g/mol. The third-order valence-corrected chi connectivity index (χ3v) is 3.04. The van der Waals surface area contributed by atoms with E-state index < -0.39 is 5.60 Å². The van der Waals surface area contributed by atoms with Gasteiger partial charge in [0.15, 0.2) is 0 Å². The van der Waals surface area contributed by atoms with E-state index in [2.05, 4.69) is 5.32 Å². The van der Waals surface area contributed by atoms with Crippen LogP contribution in [0, 0.1) is 0 Å². The molecular formula is C13H26N2O3. The molecule has 0 aromatic heterocycles. The molecule has 0 radical (unpaired) electrons. The maximum atomic E-state index is 11.9. The van der Waals surface area contributed by atoms with Crippen molar-refractivity contribution in [1.82, 2.24) is 10.2 Å². The highest BCUT2D eigenvalue weighted by Gasteiger charge is 2.35. The number of nitrogens with one attached hydrogen (secondary N) is 1. The molecule has 2 fully saturated rings. The molecule has 0 aliphatic carbocycles. The number of carbonyl (C=O) groups excluding carboxylic acids is 1. The van der Waals surface area contributed by atoms with Gasteiger partial charge in [0.05, 0.1) is 18.8 Å². The van der Waals surface area contributed by atoms with Gasteiger partial charge in [-0.25, -0.2) is 4.79 Å². The van der Waals surface area contributed by atoms with Gasteiger partial charge < -0.3 is 19.7 Å². The van der Waals surface area contributed by atoms with Crippen LogP contribution in [0.1, 0.15) is 34.6 Å². The number of hydrogen-bond acceptors (Lipinski definition) is 4. The molecule has 106 valence electrons. The molecule has 0 aromatic carbocycles. The molecule has 0 unspecified atom stereocenters. The number of rotatable bonds is 0. The van der Waals surface area contributed by atoms with Crippen molar-refractivity contribution in [2.75, 3.05) is 26.2 Å². The number of fused-ring (bicyclic) bond motifs is 1. The van der Waals surface area contributed by atoms with Crippen LogP contribution >= 0.6 is 0 Å². The molecule has 2 saturated heterocycles. The van der Waals surface area contributed by atoms with Crippen molar-refractivity contribution in [3.8, 4) is 0 Å². The summed E-state index contributed by atoms with van der Waals surface area (Å²) in [5.41, 5.74) is -0.426. The summed E-state index contributed by atoms with van der Waals surface area (Å²) in [6.45, 7) is 8.70. The average Bonchev–Trinajstić information content (AvgIpc) is 2.26. The van der Waals surface area contributed by atoms with Crippen LogP contribution in [0.5, 0.6) is 0 Å². The monoisotopic (exact) mass is 258 g/mol. The SMILES string of the molecule is C.CC(C)(C)OC(=O)N1CC[C@H]2OCCN[C@@H]2C1. The van der Waals surface area contributed by atoms with E-state index >= 15 is 0 Å². The van der Waals surface area contributed by atoms with Crippen molar-refractivity contribution in [2.24, 2.45) is 0 Å². The Balaban J connectivity index is 0.00000162. The lowest BCUT2D eigenvalue weighted by atomic mass is 10.0. The summed E-state index contributed by atoms with van der Waals surface area (Å²) in [5.74, 6) is 0. The van der Waals surface area contributed by atoms with E-state index in [-0.39, 0.29) is 25.7 Å². The number of ether oxygens (including phenoxy) is 2. The zero-order valence-electron chi connectivity index (χ0n) is 10.9. The molecule has 2 atom stereocenters. The van der Waals surface area contributed by atoms with E-state index in [0.29, 0.717) is 6.54 Å². The first-order valence-corrected chi connectivity index (χ1v) is 6.28. The lowest BCUT2D eigenvalue weighted by Crippen LogP contribution is -2.59. The highest BCUT2D eigenvalue weighted by Crippen LogP contribution is 2.19. The molecule has 0 saturated carbocycles. The minimum Gasteiger partial charge on any atom is -0.444 e. The number of amides is 1. The van der Waals surface area contributed by atoms with Gasteiger partial charge in [-0.05, 0) is 27.2 Å². The molecule has 0 spiro atoms. The van der Waals surface area contributed by atoms with Crippen molar-refractivity contribution < 1.29 is 14.3 Å². The van der Waals surface area contributed by atoms with Crippen LogP contribution in [0.2, 0.25) is 0 Å². The van der Waals surface area contributed by atoms with Crippen molar-refractivity contribution in [3.05, 3.63) is 0 Å². The Morgan fingerprint density at radius 1 is 1.44 bits per heavy atom. The summed E-state index contributed by atoms with van der Waals surface area (Å²) >= 11 is 0. The minimum absolute atomic E-state index is 0. The molecule has 2 heterocycles. The van der Waals surface area contributed by atoms with Crippen LogP contribution in [0.15, 0.2) is 0 Å². The summed E-state index contributed by atoms with van der Waals surface area (Å²) in [6, 6.07) is 0.255. The molecule has 2 aliphatic rings. The van der Waals surface area contributed by atoms with Gasteiger partial charge in [0.25, 0.3) is 0 Å². The summed E-state index contributed by atoms with van der Waals surface area (Å²) in [4.78, 5) is 13.7. The van der Waals surface area contributed by atoms with Gasteiger partial charge in [0, 0.05) is 19.6 Å². The topological polar surface area (TPSA) is 50.8 Å². The number of morpholine rings is 1. The van der Waals surface area contributed by atoms with Crippen LogP contribution in [0.3, 0.4) is 0 Å².